The molecule has 0 aromatic rings. The standard InChI is InChI=1S/C9H11NO3/c10-6-7-5-8(13-9(7)12)3-1-2-4-11/h1-2,7-8,11H,3-5H2/b2-1+/t7?,8-/m1/s1. The van der Waals surface area contributed by atoms with Crippen molar-refractivity contribution in [3.63, 3.8) is 0 Å². The molecule has 0 amide bonds. The number of aliphatic hydroxyl groups is 1. The molecule has 1 aliphatic heterocycles. The van der Waals surface area contributed by atoms with Crippen molar-refractivity contribution in [1.82, 2.24) is 0 Å². The Balaban J connectivity index is 2.37. The highest BCUT2D eigenvalue weighted by atomic mass is 16.5. The Hall–Kier alpha value is -1.34. The maximum absolute atomic E-state index is 10.9. The molecule has 0 spiro atoms. The fourth-order valence-corrected chi connectivity index (χ4v) is 1.23. The van der Waals surface area contributed by atoms with Crippen LogP contribution in [0.4, 0.5) is 0 Å². The molecule has 1 N–H and O–H groups in total. The number of cyclic esters (lactones) is 1. The van der Waals surface area contributed by atoms with Gasteiger partial charge in [-0.25, -0.2) is 0 Å². The van der Waals surface area contributed by atoms with Crippen LogP contribution in [-0.2, 0) is 9.53 Å². The van der Waals surface area contributed by atoms with Crippen molar-refractivity contribution in [1.29, 1.82) is 5.26 Å². The van der Waals surface area contributed by atoms with E-state index in [-0.39, 0.29) is 12.7 Å². The second-order valence-corrected chi connectivity index (χ2v) is 2.87. The van der Waals surface area contributed by atoms with Crippen LogP contribution in [0.1, 0.15) is 12.8 Å². The molecule has 0 aliphatic carbocycles. The minimum absolute atomic E-state index is 0.0116. The largest absolute Gasteiger partial charge is 0.461 e. The summed E-state index contributed by atoms with van der Waals surface area (Å²) in [6.45, 7) is -0.0116. The summed E-state index contributed by atoms with van der Waals surface area (Å²) < 4.78 is 4.92. The molecule has 0 aromatic heterocycles. The van der Waals surface area contributed by atoms with Crippen LogP contribution in [0.25, 0.3) is 0 Å². The normalized spacial score (nSPS) is 27.5. The zero-order valence-corrected chi connectivity index (χ0v) is 7.14. The first-order chi connectivity index (χ1) is 6.27. The second kappa shape index (κ2) is 4.63. The monoisotopic (exact) mass is 181 g/mol. The lowest BCUT2D eigenvalue weighted by Crippen LogP contribution is -2.05. The Morgan fingerprint density at radius 3 is 3.00 bits per heavy atom. The van der Waals surface area contributed by atoms with Crippen LogP contribution in [-0.4, -0.2) is 23.8 Å². The lowest BCUT2D eigenvalue weighted by Gasteiger charge is -2.03. The maximum Gasteiger partial charge on any atom is 0.323 e. The average molecular weight is 181 g/mol. The van der Waals surface area contributed by atoms with Crippen LogP contribution in [0.2, 0.25) is 0 Å². The number of aliphatic hydroxyl groups excluding tert-OH is 1. The highest BCUT2D eigenvalue weighted by Gasteiger charge is 2.33. The minimum atomic E-state index is -0.604. The van der Waals surface area contributed by atoms with Gasteiger partial charge in [-0.2, -0.15) is 5.26 Å². The number of rotatable bonds is 3. The topological polar surface area (TPSA) is 70.3 Å². The van der Waals surface area contributed by atoms with E-state index in [1.165, 1.54) is 0 Å². The predicted octanol–water partition coefficient (Wildman–Crippen LogP) is 0.380. The summed E-state index contributed by atoms with van der Waals surface area (Å²) in [7, 11) is 0. The second-order valence-electron chi connectivity index (χ2n) is 2.87. The zero-order chi connectivity index (χ0) is 9.68. The van der Waals surface area contributed by atoms with Gasteiger partial charge in [0.15, 0.2) is 0 Å². The van der Waals surface area contributed by atoms with E-state index < -0.39 is 11.9 Å². The molecular formula is C9H11NO3. The van der Waals surface area contributed by atoms with Gasteiger partial charge in [0, 0.05) is 12.8 Å². The van der Waals surface area contributed by atoms with Gasteiger partial charge < -0.3 is 9.84 Å². The summed E-state index contributed by atoms with van der Waals surface area (Å²) in [6.07, 6.45) is 4.18. The Morgan fingerprint density at radius 1 is 1.69 bits per heavy atom. The van der Waals surface area contributed by atoms with Crippen molar-refractivity contribution in [2.24, 2.45) is 5.92 Å². The molecule has 0 aromatic carbocycles. The van der Waals surface area contributed by atoms with Crippen LogP contribution in [0.15, 0.2) is 12.2 Å². The van der Waals surface area contributed by atoms with Gasteiger partial charge in [-0.1, -0.05) is 12.2 Å². The van der Waals surface area contributed by atoms with Crippen LogP contribution in [0.5, 0.6) is 0 Å². The van der Waals surface area contributed by atoms with E-state index in [1.807, 2.05) is 6.07 Å². The van der Waals surface area contributed by atoms with Crippen molar-refractivity contribution < 1.29 is 14.6 Å². The first-order valence-corrected chi connectivity index (χ1v) is 4.14. The Bertz CT molecular complexity index is 254. The number of nitriles is 1. The van der Waals surface area contributed by atoms with Crippen LogP contribution in [0, 0.1) is 17.2 Å². The molecule has 1 saturated heterocycles. The number of carbonyl (C=O) groups is 1. The van der Waals surface area contributed by atoms with Gasteiger partial charge in [0.25, 0.3) is 0 Å². The first kappa shape index (κ1) is 9.75. The van der Waals surface area contributed by atoms with E-state index in [2.05, 4.69) is 0 Å². The van der Waals surface area contributed by atoms with Gasteiger partial charge in [0.2, 0.25) is 0 Å². The van der Waals surface area contributed by atoms with Crippen molar-refractivity contribution in [2.75, 3.05) is 6.61 Å². The van der Waals surface area contributed by atoms with Gasteiger partial charge in [0.05, 0.1) is 12.7 Å². The smallest absolute Gasteiger partial charge is 0.323 e. The van der Waals surface area contributed by atoms with Gasteiger partial charge in [-0.3, -0.25) is 4.79 Å². The Labute approximate surface area is 76.4 Å². The molecule has 70 valence electrons. The predicted molar refractivity (Wildman–Crippen MR) is 44.4 cm³/mol. The average Bonchev–Trinajstić information content (AvgIpc) is 2.47. The highest BCUT2D eigenvalue weighted by Crippen LogP contribution is 2.22. The third kappa shape index (κ3) is 2.56. The van der Waals surface area contributed by atoms with Gasteiger partial charge >= 0.3 is 5.97 Å². The maximum atomic E-state index is 10.9. The molecule has 0 bridgehead atoms. The lowest BCUT2D eigenvalue weighted by atomic mass is 10.1. The fourth-order valence-electron chi connectivity index (χ4n) is 1.23. The summed E-state index contributed by atoms with van der Waals surface area (Å²) in [5.41, 5.74) is 0. The molecule has 4 heteroatoms. The van der Waals surface area contributed by atoms with Crippen LogP contribution >= 0.6 is 0 Å². The van der Waals surface area contributed by atoms with Crippen LogP contribution in [0.3, 0.4) is 0 Å². The first-order valence-electron chi connectivity index (χ1n) is 4.14. The summed E-state index contributed by atoms with van der Waals surface area (Å²) in [5.74, 6) is -1.03. The van der Waals surface area contributed by atoms with Gasteiger partial charge in [-0.15, -0.1) is 0 Å². The number of ether oxygens (including phenoxy) is 1. The van der Waals surface area contributed by atoms with Crippen LogP contribution < -0.4 is 0 Å². The highest BCUT2D eigenvalue weighted by molar-refractivity contribution is 5.77. The molecule has 1 unspecified atom stereocenters. The number of esters is 1. The van der Waals surface area contributed by atoms with E-state index in [1.54, 1.807) is 12.2 Å². The fraction of sp³-hybridized carbons (Fsp3) is 0.556. The third-order valence-electron chi connectivity index (χ3n) is 1.89. The summed E-state index contributed by atoms with van der Waals surface area (Å²) >= 11 is 0. The van der Waals surface area contributed by atoms with Gasteiger partial charge in [-0.05, 0) is 0 Å². The molecule has 1 fully saturated rings. The van der Waals surface area contributed by atoms with E-state index in [0.717, 1.165) is 0 Å². The summed E-state index contributed by atoms with van der Waals surface area (Å²) in [4.78, 5) is 10.9. The van der Waals surface area contributed by atoms with Gasteiger partial charge in [0.1, 0.15) is 12.0 Å². The number of hydrogen-bond donors (Lipinski definition) is 1. The Morgan fingerprint density at radius 2 is 2.46 bits per heavy atom. The third-order valence-corrected chi connectivity index (χ3v) is 1.89. The molecule has 1 aliphatic rings. The molecule has 0 saturated carbocycles. The zero-order valence-electron chi connectivity index (χ0n) is 7.14. The summed E-state index contributed by atoms with van der Waals surface area (Å²) in [6, 6.07) is 1.89. The van der Waals surface area contributed by atoms with E-state index in [9.17, 15) is 4.79 Å². The summed E-state index contributed by atoms with van der Waals surface area (Å²) in [5, 5.41) is 17.0. The SMILES string of the molecule is N#CC1C[C@@H](C/C=C/CO)OC1=O. The molecule has 13 heavy (non-hydrogen) atoms. The van der Waals surface area contributed by atoms with E-state index in [4.69, 9.17) is 15.1 Å². The molecule has 4 nitrogen and oxygen atoms in total. The number of carbonyl (C=O) groups excluding carboxylic acids is 1. The Kier molecular flexibility index (Phi) is 3.47. The van der Waals surface area contributed by atoms with E-state index in [0.29, 0.717) is 12.8 Å². The minimum Gasteiger partial charge on any atom is -0.461 e. The molecule has 0 radical (unpaired) electrons. The quantitative estimate of drug-likeness (QED) is 0.504. The molecule has 1 heterocycles. The molecule has 1 rings (SSSR count). The van der Waals surface area contributed by atoms with Crippen molar-refractivity contribution in [2.45, 2.75) is 18.9 Å². The van der Waals surface area contributed by atoms with Crippen molar-refractivity contribution >= 4 is 5.97 Å². The van der Waals surface area contributed by atoms with Crippen molar-refractivity contribution in [3.05, 3.63) is 12.2 Å². The number of hydrogen-bond acceptors (Lipinski definition) is 4. The van der Waals surface area contributed by atoms with E-state index >= 15 is 0 Å². The number of nitrogens with zero attached hydrogens (tertiary/aromatic N) is 1. The van der Waals surface area contributed by atoms with Crippen molar-refractivity contribution in [3.8, 4) is 6.07 Å². The molecule has 2 atom stereocenters. The molecular weight excluding hydrogens is 170 g/mol. The lowest BCUT2D eigenvalue weighted by molar-refractivity contribution is -0.142.